The molecule has 1 atom stereocenters. The molecular formula is C14H27N3O. The summed E-state index contributed by atoms with van der Waals surface area (Å²) in [7, 11) is 0. The molecule has 18 heavy (non-hydrogen) atoms. The molecule has 1 heterocycles. The van der Waals surface area contributed by atoms with Gasteiger partial charge in [-0.15, -0.1) is 0 Å². The van der Waals surface area contributed by atoms with Crippen LogP contribution in [0.1, 0.15) is 34.1 Å². The molecular weight excluding hydrogens is 226 g/mol. The maximum atomic E-state index is 5.35. The van der Waals surface area contributed by atoms with Gasteiger partial charge in [0.1, 0.15) is 0 Å². The Bertz CT molecular complexity index is 323. The molecule has 0 aliphatic carbocycles. The number of aryl methyl sites for hydroxylation is 1. The number of ether oxygens (including phenoxy) is 1. The Morgan fingerprint density at radius 1 is 1.39 bits per heavy atom. The molecule has 0 bridgehead atoms. The standard InChI is InChI=1S/C14H27N3O/c1-5-18-10-6-8-17-9-7-15-14(17)16-11-13(4)12(2)3/h7,9,12-13H,5-6,8,10-11H2,1-4H3,(H,15,16). The largest absolute Gasteiger partial charge is 0.382 e. The molecule has 1 aromatic heterocycles. The van der Waals surface area contributed by atoms with Crippen LogP contribution in [-0.2, 0) is 11.3 Å². The molecule has 0 spiro atoms. The van der Waals surface area contributed by atoms with Crippen LogP contribution in [0.5, 0.6) is 0 Å². The average Bonchev–Trinajstić information content (AvgIpc) is 2.79. The number of aromatic nitrogens is 2. The molecule has 4 nitrogen and oxygen atoms in total. The zero-order valence-electron chi connectivity index (χ0n) is 12.1. The van der Waals surface area contributed by atoms with E-state index in [2.05, 4.69) is 35.6 Å². The van der Waals surface area contributed by atoms with E-state index in [9.17, 15) is 0 Å². The predicted molar refractivity (Wildman–Crippen MR) is 75.8 cm³/mol. The Hall–Kier alpha value is -1.03. The molecule has 4 heteroatoms. The van der Waals surface area contributed by atoms with Gasteiger partial charge in [0.25, 0.3) is 0 Å². The van der Waals surface area contributed by atoms with E-state index in [1.807, 2.05) is 19.3 Å². The summed E-state index contributed by atoms with van der Waals surface area (Å²) in [6.07, 6.45) is 4.90. The second kappa shape index (κ2) is 8.14. The molecule has 0 saturated carbocycles. The quantitative estimate of drug-likeness (QED) is 0.688. The first kappa shape index (κ1) is 15.0. The first-order valence-electron chi connectivity index (χ1n) is 6.97. The summed E-state index contributed by atoms with van der Waals surface area (Å²) >= 11 is 0. The molecule has 1 rings (SSSR count). The molecule has 0 amide bonds. The van der Waals surface area contributed by atoms with E-state index in [0.717, 1.165) is 38.7 Å². The summed E-state index contributed by atoms with van der Waals surface area (Å²) < 4.78 is 7.51. The van der Waals surface area contributed by atoms with Gasteiger partial charge in [-0.05, 0) is 25.2 Å². The predicted octanol–water partition coefficient (Wildman–Crippen LogP) is 3.01. The van der Waals surface area contributed by atoms with Crippen molar-refractivity contribution >= 4 is 5.95 Å². The Morgan fingerprint density at radius 3 is 2.83 bits per heavy atom. The fourth-order valence-electron chi connectivity index (χ4n) is 1.63. The second-order valence-electron chi connectivity index (χ2n) is 5.10. The lowest BCUT2D eigenvalue weighted by molar-refractivity contribution is 0.142. The van der Waals surface area contributed by atoms with Crippen molar-refractivity contribution in [3.05, 3.63) is 12.4 Å². The summed E-state index contributed by atoms with van der Waals surface area (Å²) in [6, 6.07) is 0. The molecule has 1 aromatic rings. The van der Waals surface area contributed by atoms with Crippen molar-refractivity contribution in [3.63, 3.8) is 0 Å². The van der Waals surface area contributed by atoms with Crippen molar-refractivity contribution in [3.8, 4) is 0 Å². The number of anilines is 1. The molecule has 0 aromatic carbocycles. The molecule has 1 N–H and O–H groups in total. The van der Waals surface area contributed by atoms with Gasteiger partial charge in [-0.2, -0.15) is 0 Å². The Kier molecular flexibility index (Phi) is 6.80. The third-order valence-electron chi connectivity index (χ3n) is 3.33. The van der Waals surface area contributed by atoms with E-state index >= 15 is 0 Å². The lowest BCUT2D eigenvalue weighted by Gasteiger charge is -2.17. The average molecular weight is 253 g/mol. The van der Waals surface area contributed by atoms with Crippen molar-refractivity contribution in [1.82, 2.24) is 9.55 Å². The lowest BCUT2D eigenvalue weighted by Crippen LogP contribution is -2.18. The Labute approximate surface area is 111 Å². The summed E-state index contributed by atoms with van der Waals surface area (Å²) in [5, 5.41) is 3.43. The van der Waals surface area contributed by atoms with Crippen LogP contribution < -0.4 is 5.32 Å². The van der Waals surface area contributed by atoms with Crippen molar-refractivity contribution in [1.29, 1.82) is 0 Å². The molecule has 0 aliphatic heterocycles. The number of hydrogen-bond acceptors (Lipinski definition) is 3. The van der Waals surface area contributed by atoms with E-state index in [0.29, 0.717) is 11.8 Å². The highest BCUT2D eigenvalue weighted by Gasteiger charge is 2.08. The van der Waals surface area contributed by atoms with Crippen LogP contribution in [0.25, 0.3) is 0 Å². The molecule has 0 radical (unpaired) electrons. The van der Waals surface area contributed by atoms with Crippen LogP contribution >= 0.6 is 0 Å². The minimum Gasteiger partial charge on any atom is -0.382 e. The Morgan fingerprint density at radius 2 is 2.17 bits per heavy atom. The lowest BCUT2D eigenvalue weighted by atomic mass is 9.98. The second-order valence-corrected chi connectivity index (χ2v) is 5.10. The number of rotatable bonds is 9. The zero-order valence-corrected chi connectivity index (χ0v) is 12.1. The minimum absolute atomic E-state index is 0.651. The van der Waals surface area contributed by atoms with E-state index in [4.69, 9.17) is 4.74 Å². The molecule has 1 unspecified atom stereocenters. The topological polar surface area (TPSA) is 39.1 Å². The van der Waals surface area contributed by atoms with Gasteiger partial charge >= 0.3 is 0 Å². The highest BCUT2D eigenvalue weighted by molar-refractivity contribution is 5.25. The van der Waals surface area contributed by atoms with Crippen LogP contribution in [0.4, 0.5) is 5.95 Å². The maximum absolute atomic E-state index is 5.35. The van der Waals surface area contributed by atoms with Gasteiger partial charge in [0, 0.05) is 38.7 Å². The number of nitrogens with zero attached hydrogens (tertiary/aromatic N) is 2. The third-order valence-corrected chi connectivity index (χ3v) is 3.33. The smallest absolute Gasteiger partial charge is 0.202 e. The van der Waals surface area contributed by atoms with Gasteiger partial charge in [-0.1, -0.05) is 20.8 Å². The van der Waals surface area contributed by atoms with E-state index in [1.165, 1.54) is 0 Å². The maximum Gasteiger partial charge on any atom is 0.202 e. The zero-order chi connectivity index (χ0) is 13.4. The highest BCUT2D eigenvalue weighted by atomic mass is 16.5. The van der Waals surface area contributed by atoms with Crippen LogP contribution in [0.3, 0.4) is 0 Å². The first-order valence-corrected chi connectivity index (χ1v) is 6.97. The van der Waals surface area contributed by atoms with Crippen molar-refractivity contribution < 1.29 is 4.74 Å². The monoisotopic (exact) mass is 253 g/mol. The van der Waals surface area contributed by atoms with Gasteiger partial charge in [0.2, 0.25) is 5.95 Å². The van der Waals surface area contributed by atoms with Gasteiger partial charge in [0.05, 0.1) is 0 Å². The van der Waals surface area contributed by atoms with E-state index in [-0.39, 0.29) is 0 Å². The number of nitrogens with one attached hydrogen (secondary N) is 1. The summed E-state index contributed by atoms with van der Waals surface area (Å²) in [5.74, 6) is 2.32. The number of hydrogen-bond donors (Lipinski definition) is 1. The van der Waals surface area contributed by atoms with E-state index in [1.54, 1.807) is 0 Å². The molecule has 0 aliphatic rings. The van der Waals surface area contributed by atoms with Gasteiger partial charge < -0.3 is 14.6 Å². The highest BCUT2D eigenvalue weighted by Crippen LogP contribution is 2.12. The van der Waals surface area contributed by atoms with Crippen LogP contribution in [0, 0.1) is 11.8 Å². The minimum atomic E-state index is 0.651. The van der Waals surface area contributed by atoms with Crippen LogP contribution in [0.2, 0.25) is 0 Å². The van der Waals surface area contributed by atoms with E-state index < -0.39 is 0 Å². The summed E-state index contributed by atoms with van der Waals surface area (Å²) in [6.45, 7) is 12.3. The van der Waals surface area contributed by atoms with Crippen molar-refractivity contribution in [2.24, 2.45) is 11.8 Å². The van der Waals surface area contributed by atoms with Gasteiger partial charge in [-0.25, -0.2) is 4.98 Å². The normalized spacial score (nSPS) is 12.9. The number of imidazole rings is 1. The fourth-order valence-corrected chi connectivity index (χ4v) is 1.63. The summed E-state index contributed by atoms with van der Waals surface area (Å²) in [5.41, 5.74) is 0. The third kappa shape index (κ3) is 5.08. The van der Waals surface area contributed by atoms with Crippen LogP contribution in [-0.4, -0.2) is 29.3 Å². The SMILES string of the molecule is CCOCCCn1ccnc1NCC(C)C(C)C. The Balaban J connectivity index is 2.35. The fraction of sp³-hybridized carbons (Fsp3) is 0.786. The molecule has 0 fully saturated rings. The van der Waals surface area contributed by atoms with Gasteiger partial charge in [-0.3, -0.25) is 0 Å². The van der Waals surface area contributed by atoms with Crippen LogP contribution in [0.15, 0.2) is 12.4 Å². The summed E-state index contributed by atoms with van der Waals surface area (Å²) in [4.78, 5) is 4.36. The molecule has 104 valence electrons. The van der Waals surface area contributed by atoms with Crippen molar-refractivity contribution in [2.45, 2.75) is 40.7 Å². The first-order chi connectivity index (χ1) is 8.65. The van der Waals surface area contributed by atoms with Crippen molar-refractivity contribution in [2.75, 3.05) is 25.1 Å². The molecule has 0 saturated heterocycles. The van der Waals surface area contributed by atoms with Gasteiger partial charge in [0.15, 0.2) is 0 Å².